The molecule has 4 bridgehead atoms. The summed E-state index contributed by atoms with van der Waals surface area (Å²) in [5.74, 6) is 4.60. The molecule has 0 nitrogen and oxygen atoms in total. The fourth-order valence-electron chi connectivity index (χ4n) is 10.0. The molecule has 2 atom stereocenters. The van der Waals surface area contributed by atoms with Crippen LogP contribution in [0.4, 0.5) is 0 Å². The lowest BCUT2D eigenvalue weighted by molar-refractivity contribution is 0.0242. The minimum atomic E-state index is -0.221. The van der Waals surface area contributed by atoms with Crippen molar-refractivity contribution >= 4 is 27.0 Å². The highest BCUT2D eigenvalue weighted by atomic mass is 31.1. The van der Waals surface area contributed by atoms with Crippen molar-refractivity contribution < 1.29 is 0 Å². The van der Waals surface area contributed by atoms with Crippen molar-refractivity contribution in [3.05, 3.63) is 83.4 Å². The van der Waals surface area contributed by atoms with Crippen molar-refractivity contribution in [1.29, 1.82) is 0 Å². The smallest absolute Gasteiger partial charge is 0.0107 e. The molecule has 4 fully saturated rings. The second-order valence-corrected chi connectivity index (χ2v) is 24.6. The maximum absolute atomic E-state index is 2.70. The monoisotopic (exact) mass is 612 g/mol. The van der Waals surface area contributed by atoms with Crippen molar-refractivity contribution in [2.24, 2.45) is 29.6 Å². The third-order valence-electron chi connectivity index (χ3n) is 11.3. The van der Waals surface area contributed by atoms with Gasteiger partial charge in [-0.15, -0.1) is 0 Å². The quantitative estimate of drug-likeness (QED) is 0.273. The van der Waals surface area contributed by atoms with Gasteiger partial charge in [0.05, 0.1) is 0 Å². The zero-order valence-corrected chi connectivity index (χ0v) is 30.4. The van der Waals surface area contributed by atoms with Crippen LogP contribution in [-0.2, 0) is 0 Å². The van der Waals surface area contributed by atoms with E-state index in [4.69, 9.17) is 0 Å². The topological polar surface area (TPSA) is 0 Å². The van der Waals surface area contributed by atoms with E-state index in [1.165, 1.54) is 54.7 Å². The first-order chi connectivity index (χ1) is 20.2. The van der Waals surface area contributed by atoms with Gasteiger partial charge < -0.3 is 0 Å². The lowest BCUT2D eigenvalue weighted by Crippen LogP contribution is -2.49. The standard InChI is InChI=1S/C41H58P2/c1-39(2,3)42(38-32-21-28-20-29(23-32)24-33(38)22-28)27-36-34(26-43(40(4,5)6)41(7,8)9)25-35(30-16-12-10-13-17-30)37(36)31-18-14-11-15-19-31/h10-19,25,28-29,32-33,36,38H,20-24,26-27H2,1-9H3. The lowest BCUT2D eigenvalue weighted by atomic mass is 9.56. The van der Waals surface area contributed by atoms with E-state index in [-0.39, 0.29) is 15.8 Å². The summed E-state index contributed by atoms with van der Waals surface area (Å²) >= 11 is 0. The average molecular weight is 613 g/mol. The molecule has 0 aliphatic heterocycles. The Morgan fingerprint density at radius 3 is 1.56 bits per heavy atom. The molecular weight excluding hydrogens is 554 g/mol. The van der Waals surface area contributed by atoms with Gasteiger partial charge in [-0.25, -0.2) is 0 Å². The first-order valence-corrected chi connectivity index (χ1v) is 20.4. The van der Waals surface area contributed by atoms with Crippen LogP contribution in [0, 0.1) is 29.6 Å². The van der Waals surface area contributed by atoms with Crippen molar-refractivity contribution in [2.75, 3.05) is 12.3 Å². The maximum Gasteiger partial charge on any atom is 0.0107 e. The van der Waals surface area contributed by atoms with Crippen LogP contribution in [0.2, 0.25) is 0 Å². The lowest BCUT2D eigenvalue weighted by Gasteiger charge is -2.59. The van der Waals surface area contributed by atoms with Gasteiger partial charge in [-0.3, -0.25) is 0 Å². The van der Waals surface area contributed by atoms with Crippen molar-refractivity contribution in [1.82, 2.24) is 0 Å². The second-order valence-electron chi connectivity index (χ2n) is 17.5. The van der Waals surface area contributed by atoms with Gasteiger partial charge in [-0.05, 0) is 111 Å². The van der Waals surface area contributed by atoms with Crippen molar-refractivity contribution in [3.8, 4) is 0 Å². The molecule has 0 aromatic heterocycles. The van der Waals surface area contributed by atoms with Gasteiger partial charge in [0.2, 0.25) is 0 Å². The minimum absolute atomic E-state index is 0.143. The molecule has 0 saturated heterocycles. The highest BCUT2D eigenvalue weighted by Crippen LogP contribution is 2.70. The second kappa shape index (κ2) is 11.9. The zero-order valence-electron chi connectivity index (χ0n) is 28.7. The van der Waals surface area contributed by atoms with E-state index in [0.717, 1.165) is 29.3 Å². The Morgan fingerprint density at radius 2 is 1.09 bits per heavy atom. The van der Waals surface area contributed by atoms with Crippen molar-refractivity contribution in [2.45, 2.75) is 116 Å². The molecule has 4 saturated carbocycles. The average Bonchev–Trinajstić information content (AvgIpc) is 3.27. The Balaban J connectivity index is 1.47. The zero-order chi connectivity index (χ0) is 30.7. The van der Waals surface area contributed by atoms with E-state index in [1.54, 1.807) is 17.6 Å². The van der Waals surface area contributed by atoms with E-state index in [9.17, 15) is 0 Å². The van der Waals surface area contributed by atoms with Crippen molar-refractivity contribution in [3.63, 3.8) is 0 Å². The molecule has 43 heavy (non-hydrogen) atoms. The van der Waals surface area contributed by atoms with Gasteiger partial charge in [0.1, 0.15) is 0 Å². The first kappa shape index (κ1) is 31.7. The van der Waals surface area contributed by atoms with Crippen LogP contribution in [0.15, 0.2) is 72.3 Å². The number of rotatable bonds is 7. The van der Waals surface area contributed by atoms with Gasteiger partial charge in [0.15, 0.2) is 0 Å². The Morgan fingerprint density at radius 1 is 0.605 bits per heavy atom. The van der Waals surface area contributed by atoms with Gasteiger partial charge >= 0.3 is 0 Å². The summed E-state index contributed by atoms with van der Waals surface area (Å²) in [7, 11) is -0.365. The molecule has 0 heterocycles. The Labute approximate surface area is 267 Å². The van der Waals surface area contributed by atoms with E-state index in [2.05, 4.69) is 129 Å². The molecule has 0 spiro atoms. The normalized spacial score (nSPS) is 29.9. The van der Waals surface area contributed by atoms with Crippen LogP contribution in [0.5, 0.6) is 0 Å². The van der Waals surface area contributed by atoms with Gasteiger partial charge in [0, 0.05) is 5.92 Å². The molecule has 7 rings (SSSR count). The number of hydrogen-bond acceptors (Lipinski definition) is 0. The molecule has 2 heteroatoms. The fraction of sp³-hybridized carbons (Fsp3) is 0.610. The van der Waals surface area contributed by atoms with E-state index in [0.29, 0.717) is 21.4 Å². The molecule has 2 aromatic carbocycles. The summed E-state index contributed by atoms with van der Waals surface area (Å²) in [4.78, 5) is 0. The molecule has 0 N–H and O–H groups in total. The first-order valence-electron chi connectivity index (χ1n) is 17.3. The molecular formula is C41H58P2. The highest BCUT2D eigenvalue weighted by molar-refractivity contribution is 7.61. The van der Waals surface area contributed by atoms with Crippen LogP contribution in [0.25, 0.3) is 11.1 Å². The maximum atomic E-state index is 2.70. The molecule has 0 radical (unpaired) electrons. The minimum Gasteiger partial charge on any atom is -0.0965 e. The number of benzene rings is 2. The third-order valence-corrected chi connectivity index (χ3v) is 19.3. The Bertz CT molecular complexity index is 1290. The number of hydrogen-bond donors (Lipinski definition) is 0. The van der Waals surface area contributed by atoms with Gasteiger partial charge in [0.25, 0.3) is 0 Å². The fourth-order valence-corrected chi connectivity index (χ4v) is 17.7. The van der Waals surface area contributed by atoms with E-state index in [1.807, 2.05) is 0 Å². The summed E-state index contributed by atoms with van der Waals surface area (Å²) in [5.41, 5.74) is 8.68. The molecule has 232 valence electrons. The third kappa shape index (κ3) is 6.55. The molecule has 2 unspecified atom stereocenters. The predicted molar refractivity (Wildman–Crippen MR) is 195 cm³/mol. The molecule has 0 amide bonds. The van der Waals surface area contributed by atoms with E-state index >= 15 is 0 Å². The van der Waals surface area contributed by atoms with Gasteiger partial charge in [-0.2, -0.15) is 0 Å². The molecule has 2 aromatic rings. The SMILES string of the molecule is CC(C)(C)P(CC1C(CP(C(C)(C)C)C(C)(C)C)=CC(c2ccccc2)=C1c1ccccc1)C1C2CC3CC(C2)CC1C3. The van der Waals surface area contributed by atoms with Crippen LogP contribution >= 0.6 is 15.8 Å². The number of allylic oxidation sites excluding steroid dienone is 4. The highest BCUT2D eigenvalue weighted by Gasteiger charge is 2.53. The van der Waals surface area contributed by atoms with Crippen LogP contribution < -0.4 is 0 Å². The van der Waals surface area contributed by atoms with Crippen LogP contribution in [-0.4, -0.2) is 33.5 Å². The predicted octanol–water partition coefficient (Wildman–Crippen LogP) is 12.3. The van der Waals surface area contributed by atoms with Crippen LogP contribution in [0.3, 0.4) is 0 Å². The summed E-state index contributed by atoms with van der Waals surface area (Å²) in [6.45, 7) is 22.9. The summed E-state index contributed by atoms with van der Waals surface area (Å²) < 4.78 is 0. The van der Waals surface area contributed by atoms with Gasteiger partial charge in [-0.1, -0.05) is 150 Å². The van der Waals surface area contributed by atoms with E-state index < -0.39 is 0 Å². The summed E-state index contributed by atoms with van der Waals surface area (Å²) in [6.07, 6.45) is 13.0. The molecule has 5 aliphatic rings. The summed E-state index contributed by atoms with van der Waals surface area (Å²) in [5, 5.41) is 1.01. The molecule has 5 aliphatic carbocycles. The Kier molecular flexibility index (Phi) is 8.75. The largest absolute Gasteiger partial charge is 0.0965 e. The summed E-state index contributed by atoms with van der Waals surface area (Å²) in [6, 6.07) is 22.9. The van der Waals surface area contributed by atoms with Crippen LogP contribution in [0.1, 0.15) is 106 Å². The Hall–Kier alpha value is -1.22.